The van der Waals surface area contributed by atoms with Crippen LogP contribution in [0.15, 0.2) is 95.9 Å². The van der Waals surface area contributed by atoms with Gasteiger partial charge in [0.05, 0.1) is 28.3 Å². The van der Waals surface area contributed by atoms with E-state index in [4.69, 9.17) is 32.7 Å². The molecule has 0 spiro atoms. The summed E-state index contributed by atoms with van der Waals surface area (Å²) < 4.78 is 39.6. The van der Waals surface area contributed by atoms with Crippen LogP contribution in [-0.2, 0) is 16.4 Å². The van der Waals surface area contributed by atoms with Crippen LogP contribution in [0.2, 0.25) is 10.0 Å². The van der Waals surface area contributed by atoms with Gasteiger partial charge in [0.2, 0.25) is 0 Å². The molecule has 4 rings (SSSR count). The van der Waals surface area contributed by atoms with Crippen molar-refractivity contribution >= 4 is 44.8 Å². The normalized spacial score (nSPS) is 11.1. The first-order chi connectivity index (χ1) is 18.7. The Morgan fingerprint density at radius 1 is 0.872 bits per heavy atom. The summed E-state index contributed by atoms with van der Waals surface area (Å²) in [6, 6.07) is 24.9. The summed E-state index contributed by atoms with van der Waals surface area (Å²) in [5, 5.41) is 3.58. The van der Waals surface area contributed by atoms with Crippen molar-refractivity contribution in [1.29, 1.82) is 0 Å². The zero-order valence-electron chi connectivity index (χ0n) is 21.0. The van der Waals surface area contributed by atoms with Crippen molar-refractivity contribution in [1.82, 2.24) is 5.32 Å². The molecule has 0 heterocycles. The third-order valence-electron chi connectivity index (χ3n) is 5.76. The highest BCUT2D eigenvalue weighted by atomic mass is 35.5. The van der Waals surface area contributed by atoms with E-state index in [1.54, 1.807) is 31.4 Å². The minimum absolute atomic E-state index is 0.00481. The minimum Gasteiger partial charge on any atom is -0.497 e. The molecule has 1 amide bonds. The fraction of sp³-hybridized carbons (Fsp3) is 0.138. The number of aryl methyl sites for hydroxylation is 1. The number of rotatable bonds is 11. The molecule has 0 aliphatic rings. The zero-order chi connectivity index (χ0) is 27.8. The van der Waals surface area contributed by atoms with Gasteiger partial charge in [0, 0.05) is 11.6 Å². The Kier molecular flexibility index (Phi) is 9.35. The number of carbonyl (C=O) groups excluding carboxylic acids is 1. The number of amides is 1. The summed E-state index contributed by atoms with van der Waals surface area (Å²) in [6.07, 6.45) is 1.46. The van der Waals surface area contributed by atoms with E-state index in [-0.39, 0.29) is 16.1 Å². The van der Waals surface area contributed by atoms with Crippen molar-refractivity contribution in [2.45, 2.75) is 17.7 Å². The number of hydrogen-bond donors (Lipinski definition) is 2. The van der Waals surface area contributed by atoms with Crippen molar-refractivity contribution in [3.63, 3.8) is 0 Å². The number of para-hydroxylation sites is 1. The number of sulfonamides is 1. The van der Waals surface area contributed by atoms with E-state index in [2.05, 4.69) is 10.0 Å². The molecule has 0 aliphatic heterocycles. The molecule has 10 heteroatoms. The van der Waals surface area contributed by atoms with Crippen molar-refractivity contribution in [2.75, 3.05) is 18.4 Å². The summed E-state index contributed by atoms with van der Waals surface area (Å²) in [5.41, 5.74) is 1.35. The van der Waals surface area contributed by atoms with Crippen LogP contribution < -0.4 is 19.5 Å². The van der Waals surface area contributed by atoms with Crippen LogP contribution in [0.3, 0.4) is 0 Å². The third kappa shape index (κ3) is 7.66. The molecule has 0 radical (unpaired) electrons. The van der Waals surface area contributed by atoms with Crippen LogP contribution in [0, 0.1) is 0 Å². The van der Waals surface area contributed by atoms with Gasteiger partial charge in [-0.1, -0.05) is 47.5 Å². The summed E-state index contributed by atoms with van der Waals surface area (Å²) >= 11 is 12.2. The van der Waals surface area contributed by atoms with Crippen LogP contribution in [0.5, 0.6) is 17.2 Å². The van der Waals surface area contributed by atoms with Gasteiger partial charge in [0.25, 0.3) is 15.9 Å². The predicted molar refractivity (Wildman–Crippen MR) is 154 cm³/mol. The minimum atomic E-state index is -4.01. The third-order valence-corrected chi connectivity index (χ3v) is 7.68. The molecule has 0 fully saturated rings. The molecule has 0 saturated heterocycles. The second kappa shape index (κ2) is 12.9. The Balaban J connectivity index is 1.40. The SMILES string of the molecule is COc1ccc(CCCNC(=O)c2cc(Cl)ccc2NS(=O)(=O)c2ccc(Oc3ccccc3Cl)cc2)cc1. The fourth-order valence-electron chi connectivity index (χ4n) is 3.72. The maximum Gasteiger partial charge on any atom is 0.261 e. The first-order valence-electron chi connectivity index (χ1n) is 12.0. The number of nitrogens with one attached hydrogen (secondary N) is 2. The summed E-state index contributed by atoms with van der Waals surface area (Å²) in [4.78, 5) is 12.9. The molecule has 7 nitrogen and oxygen atoms in total. The lowest BCUT2D eigenvalue weighted by Gasteiger charge is -2.14. The summed E-state index contributed by atoms with van der Waals surface area (Å²) in [5.74, 6) is 1.22. The lowest BCUT2D eigenvalue weighted by molar-refractivity contribution is 0.0954. The first-order valence-corrected chi connectivity index (χ1v) is 14.2. The van der Waals surface area contributed by atoms with E-state index in [0.717, 1.165) is 17.7 Å². The van der Waals surface area contributed by atoms with Crippen LogP contribution in [0.25, 0.3) is 0 Å². The standard InChI is InChI=1S/C29H26Cl2N2O5S/c1-37-22-11-8-20(9-12-22)5-4-18-32-29(34)25-19-21(30)10-17-27(25)33-39(35,36)24-15-13-23(14-16-24)38-28-7-3-2-6-26(28)31/h2-3,6-17,19,33H,4-5,18H2,1H3,(H,32,34). The van der Waals surface area contributed by atoms with E-state index >= 15 is 0 Å². The zero-order valence-corrected chi connectivity index (χ0v) is 23.3. The highest BCUT2D eigenvalue weighted by Gasteiger charge is 2.19. The Labute approximate surface area is 237 Å². The Morgan fingerprint density at radius 2 is 1.56 bits per heavy atom. The number of hydrogen-bond acceptors (Lipinski definition) is 5. The van der Waals surface area contributed by atoms with E-state index in [0.29, 0.717) is 34.5 Å². The number of methoxy groups -OCH3 is 1. The largest absolute Gasteiger partial charge is 0.497 e. The average molecular weight is 586 g/mol. The van der Waals surface area contributed by atoms with Crippen LogP contribution in [0.4, 0.5) is 5.69 Å². The van der Waals surface area contributed by atoms with Gasteiger partial charge < -0.3 is 14.8 Å². The molecular formula is C29H26Cl2N2O5S. The van der Waals surface area contributed by atoms with E-state index in [9.17, 15) is 13.2 Å². The van der Waals surface area contributed by atoms with Gasteiger partial charge in [0.1, 0.15) is 17.2 Å². The van der Waals surface area contributed by atoms with Gasteiger partial charge in [-0.05, 0) is 85.1 Å². The van der Waals surface area contributed by atoms with Crippen LogP contribution in [0.1, 0.15) is 22.3 Å². The van der Waals surface area contributed by atoms with E-state index < -0.39 is 15.9 Å². The van der Waals surface area contributed by atoms with Crippen molar-refractivity contribution in [3.8, 4) is 17.2 Å². The Bertz CT molecular complexity index is 1540. The highest BCUT2D eigenvalue weighted by Crippen LogP contribution is 2.30. The lowest BCUT2D eigenvalue weighted by atomic mass is 10.1. The molecule has 202 valence electrons. The van der Waals surface area contributed by atoms with Crippen LogP contribution >= 0.6 is 23.2 Å². The molecule has 39 heavy (non-hydrogen) atoms. The van der Waals surface area contributed by atoms with Gasteiger partial charge >= 0.3 is 0 Å². The average Bonchev–Trinajstić information content (AvgIpc) is 2.94. The molecule has 0 bridgehead atoms. The molecule has 4 aromatic rings. The van der Waals surface area contributed by atoms with Gasteiger partial charge in [0.15, 0.2) is 0 Å². The molecule has 0 aliphatic carbocycles. The van der Waals surface area contributed by atoms with Crippen molar-refractivity contribution in [2.24, 2.45) is 0 Å². The highest BCUT2D eigenvalue weighted by molar-refractivity contribution is 7.92. The topological polar surface area (TPSA) is 93.7 Å². The first kappa shape index (κ1) is 28.3. The summed E-state index contributed by atoms with van der Waals surface area (Å²) in [6.45, 7) is 0.399. The predicted octanol–water partition coefficient (Wildman–Crippen LogP) is 6.96. The molecule has 2 N–H and O–H groups in total. The van der Waals surface area contributed by atoms with E-state index in [1.165, 1.54) is 42.5 Å². The number of halogens is 2. The van der Waals surface area contributed by atoms with Crippen molar-refractivity contribution in [3.05, 3.63) is 112 Å². The maximum absolute atomic E-state index is 13.1. The fourth-order valence-corrected chi connectivity index (χ4v) is 5.15. The molecule has 0 saturated carbocycles. The van der Waals surface area contributed by atoms with Gasteiger partial charge in [-0.3, -0.25) is 9.52 Å². The molecule has 0 aromatic heterocycles. The Morgan fingerprint density at radius 3 is 2.26 bits per heavy atom. The van der Waals surface area contributed by atoms with Gasteiger partial charge in [-0.25, -0.2) is 8.42 Å². The second-order valence-corrected chi connectivity index (χ2v) is 11.0. The van der Waals surface area contributed by atoms with E-state index in [1.807, 2.05) is 24.3 Å². The molecular weight excluding hydrogens is 559 g/mol. The van der Waals surface area contributed by atoms with Gasteiger partial charge in [-0.2, -0.15) is 0 Å². The molecule has 0 atom stereocenters. The Hall–Kier alpha value is -3.72. The monoisotopic (exact) mass is 584 g/mol. The smallest absolute Gasteiger partial charge is 0.261 e. The second-order valence-electron chi connectivity index (χ2n) is 8.51. The summed E-state index contributed by atoms with van der Waals surface area (Å²) in [7, 11) is -2.40. The van der Waals surface area contributed by atoms with Crippen molar-refractivity contribution < 1.29 is 22.7 Å². The van der Waals surface area contributed by atoms with Crippen LogP contribution in [-0.4, -0.2) is 28.0 Å². The lowest BCUT2D eigenvalue weighted by Crippen LogP contribution is -2.26. The number of benzene rings is 4. The molecule has 4 aromatic carbocycles. The number of carbonyl (C=O) groups is 1. The maximum atomic E-state index is 13.1. The molecule has 0 unspecified atom stereocenters. The number of anilines is 1. The van der Waals surface area contributed by atoms with Gasteiger partial charge in [-0.15, -0.1) is 0 Å². The number of ether oxygens (including phenoxy) is 2. The quantitative estimate of drug-likeness (QED) is 0.186.